The molecule has 2 aromatic carbocycles. The summed E-state index contributed by atoms with van der Waals surface area (Å²) in [6.45, 7) is 3.83. The van der Waals surface area contributed by atoms with Gasteiger partial charge < -0.3 is 16.2 Å². The quantitative estimate of drug-likeness (QED) is 0.260. The molecular formula is C28H31F3N6O3S. The van der Waals surface area contributed by atoms with Crippen molar-refractivity contribution in [2.45, 2.75) is 62.4 Å². The van der Waals surface area contributed by atoms with Crippen LogP contribution in [0.3, 0.4) is 0 Å². The Morgan fingerprint density at radius 3 is 2.46 bits per heavy atom. The zero-order valence-electron chi connectivity index (χ0n) is 22.8. The summed E-state index contributed by atoms with van der Waals surface area (Å²) in [4.78, 5) is 3.59. The molecule has 1 fully saturated rings. The Morgan fingerprint density at radius 1 is 1.10 bits per heavy atom. The molecule has 4 aromatic rings. The lowest BCUT2D eigenvalue weighted by Crippen LogP contribution is -2.26. The van der Waals surface area contributed by atoms with Crippen LogP contribution in [0.2, 0.25) is 0 Å². The van der Waals surface area contributed by atoms with E-state index in [1.807, 2.05) is 18.6 Å². The number of anilines is 2. The fraction of sp³-hybridized carbons (Fsp3) is 0.357. The van der Waals surface area contributed by atoms with Gasteiger partial charge in [0.2, 0.25) is 0 Å². The first kappa shape index (κ1) is 28.7. The first-order chi connectivity index (χ1) is 19.4. The molecule has 0 unspecified atom stereocenters. The summed E-state index contributed by atoms with van der Waals surface area (Å²) >= 11 is 0. The molecule has 2 heterocycles. The number of nitrogens with zero attached hydrogens (tertiary/aromatic N) is 3. The number of halogens is 3. The summed E-state index contributed by atoms with van der Waals surface area (Å²) in [6.07, 6.45) is 5.14. The van der Waals surface area contributed by atoms with Crippen LogP contribution < -0.4 is 20.9 Å². The first-order valence-corrected chi connectivity index (χ1v) is 14.7. The number of benzene rings is 2. The van der Waals surface area contributed by atoms with Crippen molar-refractivity contribution >= 4 is 32.4 Å². The SMILES string of the molecule is COc1cccc(S(=O)(=O)Nc2cc(F)c(-c3nn(C(C)C)c4c3c(N)ncc4[C@H]3CC[C@H](N)CC3)cc2F)c1F. The fourth-order valence-corrected chi connectivity index (χ4v) is 6.52. The van der Waals surface area contributed by atoms with E-state index in [9.17, 15) is 12.8 Å². The molecular weight excluding hydrogens is 557 g/mol. The van der Waals surface area contributed by atoms with E-state index in [1.165, 1.54) is 19.2 Å². The molecule has 13 heteroatoms. The molecule has 0 aliphatic heterocycles. The highest BCUT2D eigenvalue weighted by atomic mass is 32.2. The molecule has 0 amide bonds. The minimum Gasteiger partial charge on any atom is -0.494 e. The van der Waals surface area contributed by atoms with Crippen molar-refractivity contribution in [1.29, 1.82) is 0 Å². The lowest BCUT2D eigenvalue weighted by Gasteiger charge is -2.27. The third-order valence-corrected chi connectivity index (χ3v) is 8.86. The molecule has 0 saturated heterocycles. The zero-order chi connectivity index (χ0) is 29.6. The average Bonchev–Trinajstić information content (AvgIpc) is 3.33. The van der Waals surface area contributed by atoms with Crippen molar-refractivity contribution in [3.05, 3.63) is 59.5 Å². The van der Waals surface area contributed by atoms with Gasteiger partial charge in [0.25, 0.3) is 10.0 Å². The first-order valence-electron chi connectivity index (χ1n) is 13.2. The van der Waals surface area contributed by atoms with Gasteiger partial charge in [0.15, 0.2) is 11.6 Å². The predicted molar refractivity (Wildman–Crippen MR) is 151 cm³/mol. The summed E-state index contributed by atoms with van der Waals surface area (Å²) in [6, 6.07) is 5.02. The van der Waals surface area contributed by atoms with Crippen LogP contribution in [0, 0.1) is 17.5 Å². The third-order valence-electron chi connectivity index (χ3n) is 7.48. The molecule has 5 rings (SSSR count). The predicted octanol–water partition coefficient (Wildman–Crippen LogP) is 5.47. The number of nitrogen functional groups attached to an aromatic ring is 1. The number of ether oxygens (including phenoxy) is 1. The van der Waals surface area contributed by atoms with Crippen LogP contribution in [0.4, 0.5) is 24.7 Å². The topological polar surface area (TPSA) is 138 Å². The molecule has 41 heavy (non-hydrogen) atoms. The Kier molecular flexibility index (Phi) is 7.60. The Bertz CT molecular complexity index is 1730. The molecule has 0 bridgehead atoms. The van der Waals surface area contributed by atoms with E-state index < -0.39 is 38.1 Å². The molecule has 0 atom stereocenters. The van der Waals surface area contributed by atoms with Gasteiger partial charge in [-0.1, -0.05) is 6.07 Å². The maximum absolute atomic E-state index is 15.6. The summed E-state index contributed by atoms with van der Waals surface area (Å²) in [5, 5.41) is 5.02. The Balaban J connectivity index is 1.60. The number of nitrogens with one attached hydrogen (secondary N) is 1. The number of methoxy groups -OCH3 is 1. The summed E-state index contributed by atoms with van der Waals surface area (Å²) in [7, 11) is -3.46. The number of sulfonamides is 1. The van der Waals surface area contributed by atoms with Gasteiger partial charge in [-0.2, -0.15) is 5.10 Å². The molecule has 1 aliphatic carbocycles. The van der Waals surface area contributed by atoms with Gasteiger partial charge in [0.05, 0.1) is 23.7 Å². The molecule has 2 aromatic heterocycles. The van der Waals surface area contributed by atoms with Gasteiger partial charge in [-0.15, -0.1) is 0 Å². The average molecular weight is 589 g/mol. The number of nitrogens with two attached hydrogens (primary N) is 2. The van der Waals surface area contributed by atoms with Crippen molar-refractivity contribution in [2.24, 2.45) is 5.73 Å². The van der Waals surface area contributed by atoms with Gasteiger partial charge in [-0.3, -0.25) is 9.40 Å². The van der Waals surface area contributed by atoms with E-state index in [0.29, 0.717) is 17.0 Å². The van der Waals surface area contributed by atoms with Crippen molar-refractivity contribution in [3.63, 3.8) is 0 Å². The van der Waals surface area contributed by atoms with Crippen molar-refractivity contribution < 1.29 is 26.3 Å². The van der Waals surface area contributed by atoms with Gasteiger partial charge >= 0.3 is 0 Å². The Morgan fingerprint density at radius 2 is 1.80 bits per heavy atom. The van der Waals surface area contributed by atoms with Gasteiger partial charge in [0.1, 0.15) is 28.0 Å². The lowest BCUT2D eigenvalue weighted by molar-refractivity contribution is 0.380. The maximum atomic E-state index is 15.6. The van der Waals surface area contributed by atoms with Crippen LogP contribution in [-0.2, 0) is 10.0 Å². The number of fused-ring (bicyclic) bond motifs is 1. The van der Waals surface area contributed by atoms with Gasteiger partial charge in [-0.25, -0.2) is 26.6 Å². The highest BCUT2D eigenvalue weighted by Crippen LogP contribution is 2.42. The van der Waals surface area contributed by atoms with E-state index in [-0.39, 0.29) is 40.8 Å². The molecule has 1 saturated carbocycles. The smallest absolute Gasteiger partial charge is 0.265 e. The van der Waals surface area contributed by atoms with Crippen LogP contribution in [0.15, 0.2) is 41.4 Å². The number of pyridine rings is 1. The molecule has 0 radical (unpaired) electrons. The number of hydrogen-bond donors (Lipinski definition) is 3. The van der Waals surface area contributed by atoms with Gasteiger partial charge in [-0.05, 0) is 69.2 Å². The molecule has 0 spiro atoms. The number of rotatable bonds is 7. The summed E-state index contributed by atoms with van der Waals surface area (Å²) in [5.41, 5.74) is 13.2. The summed E-state index contributed by atoms with van der Waals surface area (Å²) in [5.74, 6) is -3.27. The second kappa shape index (κ2) is 10.9. The molecule has 1 aliphatic rings. The normalized spacial score (nSPS) is 17.8. The van der Waals surface area contributed by atoms with Crippen LogP contribution in [0.5, 0.6) is 5.75 Å². The van der Waals surface area contributed by atoms with Crippen LogP contribution in [0.25, 0.3) is 22.2 Å². The van der Waals surface area contributed by atoms with Gasteiger partial charge in [0, 0.05) is 29.9 Å². The van der Waals surface area contributed by atoms with Crippen molar-refractivity contribution in [3.8, 4) is 17.0 Å². The highest BCUT2D eigenvalue weighted by molar-refractivity contribution is 7.92. The van der Waals surface area contributed by atoms with Crippen molar-refractivity contribution in [2.75, 3.05) is 17.6 Å². The summed E-state index contributed by atoms with van der Waals surface area (Å²) < 4.78 is 79.9. The molecule has 5 N–H and O–H groups in total. The fourth-order valence-electron chi connectivity index (χ4n) is 5.37. The highest BCUT2D eigenvalue weighted by Gasteiger charge is 2.29. The maximum Gasteiger partial charge on any atom is 0.265 e. The van der Waals surface area contributed by atoms with Crippen LogP contribution in [0.1, 0.15) is 57.1 Å². The second-order valence-electron chi connectivity index (χ2n) is 10.5. The van der Waals surface area contributed by atoms with E-state index in [0.717, 1.165) is 43.4 Å². The van der Waals surface area contributed by atoms with E-state index in [4.69, 9.17) is 16.2 Å². The van der Waals surface area contributed by atoms with E-state index in [1.54, 1.807) is 10.9 Å². The molecule has 9 nitrogen and oxygen atoms in total. The number of hydrogen-bond acceptors (Lipinski definition) is 7. The third kappa shape index (κ3) is 5.19. The van der Waals surface area contributed by atoms with Crippen LogP contribution >= 0.6 is 0 Å². The minimum absolute atomic E-state index is 0.0812. The molecule has 218 valence electrons. The largest absolute Gasteiger partial charge is 0.494 e. The van der Waals surface area contributed by atoms with E-state index >= 15 is 8.78 Å². The minimum atomic E-state index is -4.63. The Hall–Kier alpha value is -3.84. The van der Waals surface area contributed by atoms with Crippen LogP contribution in [-0.4, -0.2) is 36.3 Å². The zero-order valence-corrected chi connectivity index (χ0v) is 23.6. The standard InChI is InChI=1S/C28H31F3N6O3S/c1-14(2)37-27-18(15-7-9-16(32)10-8-15)13-34-28(33)24(27)26(35-37)17-11-20(30)21(12-19(17)29)36-41(38,39)23-6-4-5-22(40-3)25(23)31/h4-6,11-16,36H,7-10,32H2,1-3H3,(H2,33,34)/t15-,16-. The lowest BCUT2D eigenvalue weighted by atomic mass is 9.82. The van der Waals surface area contributed by atoms with E-state index in [2.05, 4.69) is 10.1 Å². The Labute approximate surface area is 235 Å². The monoisotopic (exact) mass is 588 g/mol. The second-order valence-corrected chi connectivity index (χ2v) is 12.2. The number of aromatic nitrogens is 3. The van der Waals surface area contributed by atoms with Crippen molar-refractivity contribution in [1.82, 2.24) is 14.8 Å².